The Balaban J connectivity index is 1.56. The molecule has 6 nitrogen and oxygen atoms in total. The number of hydrogen-bond donors (Lipinski definition) is 3. The van der Waals surface area contributed by atoms with Crippen LogP contribution in [-0.4, -0.2) is 24.8 Å². The van der Waals surface area contributed by atoms with E-state index in [1.165, 1.54) is 7.11 Å². The predicted octanol–water partition coefficient (Wildman–Crippen LogP) is 4.46. The van der Waals surface area contributed by atoms with Crippen molar-refractivity contribution in [3.63, 3.8) is 0 Å². The van der Waals surface area contributed by atoms with Gasteiger partial charge < -0.3 is 24.9 Å². The first-order chi connectivity index (χ1) is 13.1. The standard InChI is InChI=1S/C20H19ClN2O4/c1-26-19-9-8-15(21)11-16(19)23-20(25)22-12-17(24)13-4-6-14(7-5-13)18-3-2-10-27-18/h2-11,17,24H,12H2,1H3,(H2,22,23,25). The molecule has 0 aliphatic carbocycles. The lowest BCUT2D eigenvalue weighted by molar-refractivity contribution is 0.175. The van der Waals surface area contributed by atoms with Gasteiger partial charge in [0, 0.05) is 17.1 Å². The maximum atomic E-state index is 12.1. The number of furan rings is 1. The molecule has 140 valence electrons. The Labute approximate surface area is 161 Å². The highest BCUT2D eigenvalue weighted by Crippen LogP contribution is 2.27. The molecule has 0 radical (unpaired) electrons. The van der Waals surface area contributed by atoms with E-state index in [9.17, 15) is 9.90 Å². The van der Waals surface area contributed by atoms with Crippen molar-refractivity contribution in [3.8, 4) is 17.1 Å². The Bertz CT molecular complexity index is 895. The third-order valence-electron chi connectivity index (χ3n) is 3.97. The van der Waals surface area contributed by atoms with Gasteiger partial charge in [-0.2, -0.15) is 0 Å². The maximum absolute atomic E-state index is 12.1. The van der Waals surface area contributed by atoms with Crippen LogP contribution in [0.25, 0.3) is 11.3 Å². The average Bonchev–Trinajstić information content (AvgIpc) is 3.21. The molecular weight excluding hydrogens is 368 g/mol. The van der Waals surface area contributed by atoms with Crippen molar-refractivity contribution in [1.82, 2.24) is 5.32 Å². The Hall–Kier alpha value is -2.96. The van der Waals surface area contributed by atoms with Crippen molar-refractivity contribution in [2.45, 2.75) is 6.10 Å². The fourth-order valence-electron chi connectivity index (χ4n) is 2.56. The van der Waals surface area contributed by atoms with Crippen LogP contribution in [0.2, 0.25) is 5.02 Å². The summed E-state index contributed by atoms with van der Waals surface area (Å²) in [5.41, 5.74) is 2.04. The molecule has 1 atom stereocenters. The second-order valence-electron chi connectivity index (χ2n) is 5.79. The van der Waals surface area contributed by atoms with Gasteiger partial charge in [0.25, 0.3) is 0 Å². The third kappa shape index (κ3) is 4.81. The van der Waals surface area contributed by atoms with Crippen LogP contribution in [0.1, 0.15) is 11.7 Å². The monoisotopic (exact) mass is 386 g/mol. The first-order valence-corrected chi connectivity index (χ1v) is 8.65. The van der Waals surface area contributed by atoms with Gasteiger partial charge in [0.05, 0.1) is 25.2 Å². The fraction of sp³-hybridized carbons (Fsp3) is 0.150. The SMILES string of the molecule is COc1ccc(Cl)cc1NC(=O)NCC(O)c1ccc(-c2ccco2)cc1. The number of halogens is 1. The van der Waals surface area contributed by atoms with E-state index in [0.29, 0.717) is 22.0 Å². The number of benzene rings is 2. The lowest BCUT2D eigenvalue weighted by Crippen LogP contribution is -2.32. The topological polar surface area (TPSA) is 83.7 Å². The van der Waals surface area contributed by atoms with Gasteiger partial charge in [-0.25, -0.2) is 4.79 Å². The van der Waals surface area contributed by atoms with Crippen LogP contribution in [0.4, 0.5) is 10.5 Å². The van der Waals surface area contributed by atoms with Gasteiger partial charge in [0.1, 0.15) is 11.5 Å². The summed E-state index contributed by atoms with van der Waals surface area (Å²) in [5.74, 6) is 1.24. The molecule has 0 saturated carbocycles. The zero-order chi connectivity index (χ0) is 19.2. The van der Waals surface area contributed by atoms with Gasteiger partial charge in [0.2, 0.25) is 0 Å². The Morgan fingerprint density at radius 1 is 1.22 bits per heavy atom. The van der Waals surface area contributed by atoms with Gasteiger partial charge in [0.15, 0.2) is 0 Å². The molecule has 0 fully saturated rings. The smallest absolute Gasteiger partial charge is 0.319 e. The van der Waals surface area contributed by atoms with Gasteiger partial charge in [-0.1, -0.05) is 35.9 Å². The molecular formula is C20H19ClN2O4. The number of aliphatic hydroxyl groups is 1. The zero-order valence-corrected chi connectivity index (χ0v) is 15.4. The number of carbonyl (C=O) groups excluding carboxylic acids is 1. The number of methoxy groups -OCH3 is 1. The van der Waals surface area contributed by atoms with E-state index in [0.717, 1.165) is 11.3 Å². The Morgan fingerprint density at radius 3 is 2.67 bits per heavy atom. The highest BCUT2D eigenvalue weighted by molar-refractivity contribution is 6.31. The minimum absolute atomic E-state index is 0.0504. The quantitative estimate of drug-likeness (QED) is 0.583. The zero-order valence-electron chi connectivity index (χ0n) is 14.6. The molecule has 1 unspecified atom stereocenters. The minimum atomic E-state index is -0.845. The minimum Gasteiger partial charge on any atom is -0.495 e. The second kappa shape index (κ2) is 8.62. The van der Waals surface area contributed by atoms with Crippen LogP contribution in [0.15, 0.2) is 65.3 Å². The maximum Gasteiger partial charge on any atom is 0.319 e. The number of nitrogens with one attached hydrogen (secondary N) is 2. The molecule has 0 bridgehead atoms. The normalized spacial score (nSPS) is 11.7. The highest BCUT2D eigenvalue weighted by Gasteiger charge is 2.12. The summed E-state index contributed by atoms with van der Waals surface area (Å²) in [5, 5.41) is 16.0. The van der Waals surface area contributed by atoms with Gasteiger partial charge >= 0.3 is 6.03 Å². The summed E-state index contributed by atoms with van der Waals surface area (Å²) in [6.45, 7) is 0.0504. The molecule has 2 aromatic carbocycles. The molecule has 0 aliphatic rings. The number of anilines is 1. The van der Waals surface area contributed by atoms with Crippen molar-refractivity contribution in [1.29, 1.82) is 0 Å². The molecule has 3 N–H and O–H groups in total. The van der Waals surface area contributed by atoms with Crippen molar-refractivity contribution < 1.29 is 19.1 Å². The van der Waals surface area contributed by atoms with E-state index in [4.69, 9.17) is 20.8 Å². The summed E-state index contributed by atoms with van der Waals surface area (Å²) < 4.78 is 10.5. The van der Waals surface area contributed by atoms with E-state index in [2.05, 4.69) is 10.6 Å². The van der Waals surface area contributed by atoms with Gasteiger partial charge in [-0.15, -0.1) is 0 Å². The predicted molar refractivity (Wildman–Crippen MR) is 104 cm³/mol. The lowest BCUT2D eigenvalue weighted by atomic mass is 10.1. The van der Waals surface area contributed by atoms with Crippen LogP contribution in [0.5, 0.6) is 5.75 Å². The first kappa shape index (κ1) is 18.8. The third-order valence-corrected chi connectivity index (χ3v) is 4.20. The molecule has 1 aromatic heterocycles. The Kier molecular flexibility index (Phi) is 6.01. The molecule has 1 heterocycles. The molecule has 2 amide bonds. The summed E-state index contributed by atoms with van der Waals surface area (Å²) in [7, 11) is 1.50. The largest absolute Gasteiger partial charge is 0.495 e. The number of rotatable bonds is 6. The van der Waals surface area contributed by atoms with Crippen LogP contribution in [0.3, 0.4) is 0 Å². The summed E-state index contributed by atoms with van der Waals surface area (Å²) in [6.07, 6.45) is 0.762. The number of hydrogen-bond acceptors (Lipinski definition) is 4. The second-order valence-corrected chi connectivity index (χ2v) is 6.23. The number of ether oxygens (including phenoxy) is 1. The van der Waals surface area contributed by atoms with Crippen molar-refractivity contribution >= 4 is 23.3 Å². The van der Waals surface area contributed by atoms with E-state index < -0.39 is 12.1 Å². The van der Waals surface area contributed by atoms with Crippen LogP contribution in [-0.2, 0) is 0 Å². The van der Waals surface area contributed by atoms with Gasteiger partial charge in [-0.05, 0) is 35.9 Å². The van der Waals surface area contributed by atoms with Crippen molar-refractivity contribution in [3.05, 3.63) is 71.4 Å². The van der Waals surface area contributed by atoms with E-state index in [1.807, 2.05) is 24.3 Å². The molecule has 0 saturated heterocycles. The summed E-state index contributed by atoms with van der Waals surface area (Å²) in [4.78, 5) is 12.1. The summed E-state index contributed by atoms with van der Waals surface area (Å²) in [6, 6.07) is 15.4. The number of aliphatic hydroxyl groups excluding tert-OH is 1. The number of carbonyl (C=O) groups is 1. The first-order valence-electron chi connectivity index (χ1n) is 8.27. The van der Waals surface area contributed by atoms with E-state index in [-0.39, 0.29) is 6.54 Å². The highest BCUT2D eigenvalue weighted by atomic mass is 35.5. The van der Waals surface area contributed by atoms with Crippen molar-refractivity contribution in [2.75, 3.05) is 19.0 Å². The lowest BCUT2D eigenvalue weighted by Gasteiger charge is -2.14. The van der Waals surface area contributed by atoms with Crippen LogP contribution in [0, 0.1) is 0 Å². The molecule has 27 heavy (non-hydrogen) atoms. The number of amides is 2. The van der Waals surface area contributed by atoms with Gasteiger partial charge in [-0.3, -0.25) is 0 Å². The Morgan fingerprint density at radius 2 is 2.00 bits per heavy atom. The molecule has 0 aliphatic heterocycles. The summed E-state index contributed by atoms with van der Waals surface area (Å²) >= 11 is 5.94. The van der Waals surface area contributed by atoms with E-state index >= 15 is 0 Å². The molecule has 3 rings (SSSR count). The van der Waals surface area contributed by atoms with Crippen molar-refractivity contribution in [2.24, 2.45) is 0 Å². The molecule has 7 heteroatoms. The molecule has 3 aromatic rings. The average molecular weight is 387 g/mol. The van der Waals surface area contributed by atoms with E-state index in [1.54, 1.807) is 36.6 Å². The fourth-order valence-corrected chi connectivity index (χ4v) is 2.74. The molecule has 0 spiro atoms. The van der Waals surface area contributed by atoms with Crippen LogP contribution < -0.4 is 15.4 Å². The van der Waals surface area contributed by atoms with Crippen LogP contribution >= 0.6 is 11.6 Å². The number of urea groups is 1.